The molecule has 2 aromatic rings. The summed E-state index contributed by atoms with van der Waals surface area (Å²) >= 11 is 0. The lowest BCUT2D eigenvalue weighted by Gasteiger charge is -2.22. The Morgan fingerprint density at radius 3 is 2.62 bits per heavy atom. The number of hydrogen-bond acceptors (Lipinski definition) is 5. The predicted molar refractivity (Wildman–Crippen MR) is 107 cm³/mol. The summed E-state index contributed by atoms with van der Waals surface area (Å²) in [7, 11) is -3.42. The van der Waals surface area contributed by atoms with E-state index >= 15 is 0 Å². The van der Waals surface area contributed by atoms with Crippen molar-refractivity contribution in [1.29, 1.82) is 0 Å². The number of carbonyl (C=O) groups is 2. The molecule has 0 fully saturated rings. The number of carbonyl (C=O) groups excluding carboxylic acids is 2. The van der Waals surface area contributed by atoms with Gasteiger partial charge in [-0.1, -0.05) is 6.07 Å². The lowest BCUT2D eigenvalue weighted by atomic mass is 10.1. The van der Waals surface area contributed by atoms with E-state index in [-0.39, 0.29) is 17.3 Å². The summed E-state index contributed by atoms with van der Waals surface area (Å²) in [6.45, 7) is 3.20. The lowest BCUT2D eigenvalue weighted by molar-refractivity contribution is -0.123. The fourth-order valence-corrected chi connectivity index (χ4v) is 4.59. The maximum Gasteiger partial charge on any atom is 0.338 e. The molecule has 0 saturated heterocycles. The van der Waals surface area contributed by atoms with Crippen LogP contribution >= 0.6 is 0 Å². The van der Waals surface area contributed by atoms with E-state index in [1.54, 1.807) is 19.1 Å². The minimum absolute atomic E-state index is 0.219. The first-order chi connectivity index (χ1) is 13.6. The van der Waals surface area contributed by atoms with Gasteiger partial charge in [-0.25, -0.2) is 17.6 Å². The molecule has 0 bridgehead atoms. The van der Waals surface area contributed by atoms with Gasteiger partial charge in [0.15, 0.2) is 6.10 Å². The Morgan fingerprint density at radius 1 is 1.24 bits per heavy atom. The van der Waals surface area contributed by atoms with Gasteiger partial charge in [0.1, 0.15) is 5.82 Å². The molecule has 1 amide bonds. The van der Waals surface area contributed by atoms with Crippen molar-refractivity contribution in [1.82, 2.24) is 0 Å². The summed E-state index contributed by atoms with van der Waals surface area (Å²) in [4.78, 5) is 24.6. The third-order valence-electron chi connectivity index (χ3n) is 4.57. The van der Waals surface area contributed by atoms with E-state index in [1.807, 2.05) is 0 Å². The van der Waals surface area contributed by atoms with Gasteiger partial charge >= 0.3 is 5.97 Å². The van der Waals surface area contributed by atoms with E-state index in [0.29, 0.717) is 17.7 Å². The van der Waals surface area contributed by atoms with Crippen LogP contribution in [0, 0.1) is 5.82 Å². The highest BCUT2D eigenvalue weighted by Crippen LogP contribution is 2.34. The van der Waals surface area contributed by atoms with E-state index in [0.717, 1.165) is 12.3 Å². The van der Waals surface area contributed by atoms with Crippen LogP contribution < -0.4 is 9.62 Å². The number of esters is 1. The number of hydrogen-bond donors (Lipinski definition) is 1. The number of nitrogens with zero attached hydrogens (tertiary/aromatic N) is 1. The molecular weight excluding hydrogens is 399 g/mol. The third-order valence-corrected chi connectivity index (χ3v) is 5.84. The molecular formula is C20H21FN2O5S. The van der Waals surface area contributed by atoms with Crippen LogP contribution in [0.4, 0.5) is 15.8 Å². The van der Waals surface area contributed by atoms with Crippen LogP contribution in [0.5, 0.6) is 0 Å². The molecule has 1 N–H and O–H groups in total. The highest BCUT2D eigenvalue weighted by atomic mass is 32.2. The molecule has 0 saturated carbocycles. The number of fused-ring (bicyclic) bond motifs is 1. The monoisotopic (exact) mass is 420 g/mol. The maximum absolute atomic E-state index is 13.2. The van der Waals surface area contributed by atoms with E-state index in [9.17, 15) is 22.4 Å². The molecule has 0 aliphatic carbocycles. The van der Waals surface area contributed by atoms with E-state index < -0.39 is 33.8 Å². The first kappa shape index (κ1) is 20.8. The zero-order valence-electron chi connectivity index (χ0n) is 16.2. The van der Waals surface area contributed by atoms with Gasteiger partial charge in [-0.15, -0.1) is 0 Å². The number of benzene rings is 2. The SMILES string of the molecule is C[C@H](OC(=O)c1ccc2c(c1)C[C@@H](C)N2S(C)(=O)=O)C(=O)Nc1cccc(F)c1. The first-order valence-electron chi connectivity index (χ1n) is 8.96. The quantitative estimate of drug-likeness (QED) is 0.751. The molecule has 2 atom stereocenters. The average Bonchev–Trinajstić information content (AvgIpc) is 2.96. The van der Waals surface area contributed by atoms with E-state index in [1.165, 1.54) is 35.5 Å². The van der Waals surface area contributed by atoms with Gasteiger partial charge in [0.25, 0.3) is 5.91 Å². The molecule has 2 aromatic carbocycles. The second-order valence-corrected chi connectivity index (χ2v) is 8.86. The van der Waals surface area contributed by atoms with Crippen LogP contribution in [0.15, 0.2) is 42.5 Å². The van der Waals surface area contributed by atoms with Gasteiger partial charge in [0, 0.05) is 11.7 Å². The molecule has 0 spiro atoms. The number of sulfonamides is 1. The molecule has 0 aromatic heterocycles. The lowest BCUT2D eigenvalue weighted by Crippen LogP contribution is -2.34. The minimum Gasteiger partial charge on any atom is -0.449 e. The van der Waals surface area contributed by atoms with Crippen LogP contribution in [-0.2, 0) is 26.0 Å². The van der Waals surface area contributed by atoms with E-state index in [2.05, 4.69) is 5.32 Å². The van der Waals surface area contributed by atoms with Gasteiger partial charge in [-0.3, -0.25) is 9.10 Å². The van der Waals surface area contributed by atoms with Gasteiger partial charge in [0.2, 0.25) is 10.0 Å². The van der Waals surface area contributed by atoms with Gasteiger partial charge in [0.05, 0.1) is 17.5 Å². The molecule has 154 valence electrons. The third kappa shape index (κ3) is 4.56. The Kier molecular flexibility index (Phi) is 5.61. The van der Waals surface area contributed by atoms with Crippen molar-refractivity contribution in [3.8, 4) is 0 Å². The highest BCUT2D eigenvalue weighted by Gasteiger charge is 2.33. The predicted octanol–water partition coefficient (Wildman–Crippen LogP) is 2.72. The Morgan fingerprint density at radius 2 is 1.97 bits per heavy atom. The fourth-order valence-electron chi connectivity index (χ4n) is 3.33. The normalized spacial score (nSPS) is 16.8. The molecule has 1 heterocycles. The van der Waals surface area contributed by atoms with Gasteiger partial charge in [-0.05, 0) is 62.2 Å². The number of ether oxygens (including phenoxy) is 1. The fraction of sp³-hybridized carbons (Fsp3) is 0.300. The Balaban J connectivity index is 1.70. The number of halogens is 1. The van der Waals surface area contributed by atoms with Crippen LogP contribution in [0.3, 0.4) is 0 Å². The summed E-state index contributed by atoms with van der Waals surface area (Å²) in [5.41, 5.74) is 1.73. The summed E-state index contributed by atoms with van der Waals surface area (Å²) in [5.74, 6) is -1.80. The molecule has 29 heavy (non-hydrogen) atoms. The summed E-state index contributed by atoms with van der Waals surface area (Å²) in [5, 5.41) is 2.48. The highest BCUT2D eigenvalue weighted by molar-refractivity contribution is 7.92. The van der Waals surface area contributed by atoms with Crippen molar-refractivity contribution in [3.05, 3.63) is 59.4 Å². The second kappa shape index (κ2) is 7.82. The number of nitrogens with one attached hydrogen (secondary N) is 1. The maximum atomic E-state index is 13.2. The summed E-state index contributed by atoms with van der Waals surface area (Å²) in [6.07, 6.45) is 0.504. The number of anilines is 2. The Bertz CT molecular complexity index is 1070. The minimum atomic E-state index is -3.42. The standard InChI is InChI=1S/C20H21FN2O5S/c1-12-9-15-10-14(7-8-18(15)23(12)29(3,26)27)20(25)28-13(2)19(24)22-17-6-4-5-16(21)11-17/h4-8,10-13H,9H2,1-3H3,(H,22,24)/t12-,13+/m1/s1. The zero-order valence-corrected chi connectivity index (χ0v) is 17.0. The van der Waals surface area contributed by atoms with Crippen molar-refractivity contribution in [2.75, 3.05) is 15.9 Å². The molecule has 1 aliphatic heterocycles. The smallest absolute Gasteiger partial charge is 0.338 e. The molecule has 7 nitrogen and oxygen atoms in total. The van der Waals surface area contributed by atoms with Crippen molar-refractivity contribution in [3.63, 3.8) is 0 Å². The van der Waals surface area contributed by atoms with Crippen LogP contribution in [0.25, 0.3) is 0 Å². The Hall–Kier alpha value is -2.94. The largest absolute Gasteiger partial charge is 0.449 e. The van der Waals surface area contributed by atoms with Crippen LogP contribution in [-0.4, -0.2) is 38.7 Å². The van der Waals surface area contributed by atoms with E-state index in [4.69, 9.17) is 4.74 Å². The van der Waals surface area contributed by atoms with Crippen molar-refractivity contribution in [2.24, 2.45) is 0 Å². The molecule has 9 heteroatoms. The molecule has 3 rings (SSSR count). The molecule has 0 radical (unpaired) electrons. The number of rotatable bonds is 5. The topological polar surface area (TPSA) is 92.8 Å². The zero-order chi connectivity index (χ0) is 21.3. The first-order valence-corrected chi connectivity index (χ1v) is 10.8. The van der Waals surface area contributed by atoms with Gasteiger partial charge in [-0.2, -0.15) is 0 Å². The Labute approximate surface area is 168 Å². The van der Waals surface area contributed by atoms with Crippen LogP contribution in [0.1, 0.15) is 29.8 Å². The summed E-state index contributed by atoms with van der Waals surface area (Å²) < 4.78 is 43.7. The molecule has 1 aliphatic rings. The number of amides is 1. The van der Waals surface area contributed by atoms with Crippen molar-refractivity contribution >= 4 is 33.3 Å². The average molecular weight is 420 g/mol. The van der Waals surface area contributed by atoms with Crippen LogP contribution in [0.2, 0.25) is 0 Å². The summed E-state index contributed by atoms with van der Waals surface area (Å²) in [6, 6.07) is 9.74. The van der Waals surface area contributed by atoms with Crippen molar-refractivity contribution in [2.45, 2.75) is 32.4 Å². The van der Waals surface area contributed by atoms with Gasteiger partial charge < -0.3 is 10.1 Å². The van der Waals surface area contributed by atoms with Crippen molar-refractivity contribution < 1.29 is 27.1 Å². The second-order valence-electron chi connectivity index (χ2n) is 7.00. The molecule has 0 unspecified atom stereocenters.